The molecule has 2 heterocycles. The maximum atomic E-state index is 13.0. The first-order valence-electron chi connectivity index (χ1n) is 8.13. The summed E-state index contributed by atoms with van der Waals surface area (Å²) in [5, 5.41) is 0. The first-order chi connectivity index (χ1) is 12.1. The fourth-order valence-corrected chi connectivity index (χ4v) is 3.17. The van der Waals surface area contributed by atoms with E-state index in [4.69, 9.17) is 4.74 Å². The second-order valence-corrected chi connectivity index (χ2v) is 6.06. The van der Waals surface area contributed by atoms with Crippen LogP contribution in [0.2, 0.25) is 0 Å². The second-order valence-electron chi connectivity index (χ2n) is 6.06. The Balaban J connectivity index is 1.74. The van der Waals surface area contributed by atoms with Crippen LogP contribution >= 0.6 is 0 Å². The Morgan fingerprint density at radius 3 is 2.84 bits per heavy atom. The SMILES string of the molecule is C[C@@H]1COc2ccccc2N1C(=O)Cn1c(=O)cnc2ccccc21. The van der Waals surface area contributed by atoms with Gasteiger partial charge in [0.1, 0.15) is 18.9 Å². The molecule has 1 aliphatic rings. The third-order valence-electron chi connectivity index (χ3n) is 4.36. The summed E-state index contributed by atoms with van der Waals surface area (Å²) in [5.41, 5.74) is 1.78. The van der Waals surface area contributed by atoms with Gasteiger partial charge in [-0.25, -0.2) is 4.98 Å². The van der Waals surface area contributed by atoms with Gasteiger partial charge in [-0.3, -0.25) is 14.2 Å². The Hall–Kier alpha value is -3.15. The zero-order chi connectivity index (χ0) is 17.4. The number of para-hydroxylation sites is 4. The molecule has 0 fully saturated rings. The summed E-state index contributed by atoms with van der Waals surface area (Å²) in [6.07, 6.45) is 1.26. The molecular formula is C19H17N3O3. The number of amides is 1. The summed E-state index contributed by atoms with van der Waals surface area (Å²) in [4.78, 5) is 31.2. The molecule has 3 aromatic rings. The topological polar surface area (TPSA) is 64.4 Å². The van der Waals surface area contributed by atoms with Crippen LogP contribution in [-0.2, 0) is 11.3 Å². The van der Waals surface area contributed by atoms with Gasteiger partial charge < -0.3 is 9.64 Å². The summed E-state index contributed by atoms with van der Waals surface area (Å²) < 4.78 is 7.16. The Bertz CT molecular complexity index is 1010. The van der Waals surface area contributed by atoms with Crippen molar-refractivity contribution in [1.29, 1.82) is 0 Å². The fraction of sp³-hybridized carbons (Fsp3) is 0.211. The monoisotopic (exact) mass is 335 g/mol. The number of hydrogen-bond acceptors (Lipinski definition) is 4. The predicted octanol–water partition coefficient (Wildman–Crippen LogP) is 2.21. The first kappa shape index (κ1) is 15.4. The molecule has 1 atom stereocenters. The fourth-order valence-electron chi connectivity index (χ4n) is 3.17. The van der Waals surface area contributed by atoms with E-state index in [2.05, 4.69) is 4.98 Å². The third-order valence-corrected chi connectivity index (χ3v) is 4.36. The van der Waals surface area contributed by atoms with Crippen molar-refractivity contribution >= 4 is 22.6 Å². The molecule has 126 valence electrons. The highest BCUT2D eigenvalue weighted by atomic mass is 16.5. The Labute approximate surface area is 144 Å². The largest absolute Gasteiger partial charge is 0.489 e. The zero-order valence-corrected chi connectivity index (χ0v) is 13.8. The van der Waals surface area contributed by atoms with Crippen LogP contribution in [0.1, 0.15) is 6.92 Å². The Morgan fingerprint density at radius 1 is 1.20 bits per heavy atom. The normalized spacial score (nSPS) is 16.4. The van der Waals surface area contributed by atoms with E-state index in [9.17, 15) is 9.59 Å². The minimum Gasteiger partial charge on any atom is -0.489 e. The molecule has 2 aromatic carbocycles. The van der Waals surface area contributed by atoms with Crippen molar-refractivity contribution in [3.05, 3.63) is 65.1 Å². The molecule has 6 nitrogen and oxygen atoms in total. The lowest BCUT2D eigenvalue weighted by molar-refractivity contribution is -0.119. The van der Waals surface area contributed by atoms with Gasteiger partial charge in [0.15, 0.2) is 0 Å². The van der Waals surface area contributed by atoms with Crippen molar-refractivity contribution in [2.75, 3.05) is 11.5 Å². The van der Waals surface area contributed by atoms with Gasteiger partial charge in [-0.2, -0.15) is 0 Å². The average Bonchev–Trinajstić information content (AvgIpc) is 2.64. The molecule has 25 heavy (non-hydrogen) atoms. The number of carbonyl (C=O) groups excluding carboxylic acids is 1. The summed E-state index contributed by atoms with van der Waals surface area (Å²) in [6, 6.07) is 14.6. The lowest BCUT2D eigenvalue weighted by Crippen LogP contribution is -2.47. The molecule has 0 aliphatic carbocycles. The van der Waals surface area contributed by atoms with Crippen LogP contribution in [0.3, 0.4) is 0 Å². The highest BCUT2D eigenvalue weighted by Gasteiger charge is 2.29. The van der Waals surface area contributed by atoms with E-state index in [0.717, 1.165) is 5.69 Å². The van der Waals surface area contributed by atoms with E-state index >= 15 is 0 Å². The molecule has 0 saturated carbocycles. The van der Waals surface area contributed by atoms with Crippen molar-refractivity contribution in [2.45, 2.75) is 19.5 Å². The van der Waals surface area contributed by atoms with Crippen LogP contribution in [-0.4, -0.2) is 28.1 Å². The van der Waals surface area contributed by atoms with Gasteiger partial charge in [-0.05, 0) is 31.2 Å². The van der Waals surface area contributed by atoms with Gasteiger partial charge in [0.2, 0.25) is 5.91 Å². The lowest BCUT2D eigenvalue weighted by Gasteiger charge is -2.35. The molecule has 1 aromatic heterocycles. The van der Waals surface area contributed by atoms with Crippen LogP contribution in [0.15, 0.2) is 59.5 Å². The van der Waals surface area contributed by atoms with E-state index in [1.165, 1.54) is 10.8 Å². The number of benzene rings is 2. The van der Waals surface area contributed by atoms with Crippen LogP contribution in [0.4, 0.5) is 5.69 Å². The van der Waals surface area contributed by atoms with E-state index < -0.39 is 0 Å². The molecule has 0 bridgehead atoms. The maximum absolute atomic E-state index is 13.0. The standard InChI is InChI=1S/C19H17N3O3/c1-13-12-25-17-9-5-4-8-16(17)22(13)19(24)11-21-15-7-3-2-6-14(15)20-10-18(21)23/h2-10,13H,11-12H2,1H3/t13-/m1/s1. The van der Waals surface area contributed by atoms with Crippen molar-refractivity contribution in [3.8, 4) is 5.75 Å². The van der Waals surface area contributed by atoms with Gasteiger partial charge >= 0.3 is 0 Å². The van der Waals surface area contributed by atoms with Gasteiger partial charge in [-0.15, -0.1) is 0 Å². The smallest absolute Gasteiger partial charge is 0.269 e. The summed E-state index contributed by atoms with van der Waals surface area (Å²) in [5.74, 6) is 0.530. The quantitative estimate of drug-likeness (QED) is 0.720. The molecular weight excluding hydrogens is 318 g/mol. The average molecular weight is 335 g/mol. The summed E-state index contributed by atoms with van der Waals surface area (Å²) >= 11 is 0. The maximum Gasteiger partial charge on any atom is 0.269 e. The van der Waals surface area contributed by atoms with Crippen molar-refractivity contribution in [2.24, 2.45) is 0 Å². The summed E-state index contributed by atoms with van der Waals surface area (Å²) in [6.45, 7) is 2.32. The zero-order valence-electron chi connectivity index (χ0n) is 13.8. The number of ether oxygens (including phenoxy) is 1. The first-order valence-corrected chi connectivity index (χ1v) is 8.13. The molecule has 0 unspecified atom stereocenters. The molecule has 4 rings (SSSR count). The van der Waals surface area contributed by atoms with Crippen LogP contribution in [0.25, 0.3) is 11.0 Å². The number of fused-ring (bicyclic) bond motifs is 2. The number of nitrogens with zero attached hydrogens (tertiary/aromatic N) is 3. The molecule has 0 saturated heterocycles. The molecule has 0 radical (unpaired) electrons. The Morgan fingerprint density at radius 2 is 1.96 bits per heavy atom. The molecule has 6 heteroatoms. The minimum absolute atomic E-state index is 0.0411. The van der Waals surface area contributed by atoms with Crippen LogP contribution in [0, 0.1) is 0 Å². The van der Waals surface area contributed by atoms with Crippen molar-refractivity contribution < 1.29 is 9.53 Å². The number of aromatic nitrogens is 2. The van der Waals surface area contributed by atoms with Gasteiger partial charge in [0.25, 0.3) is 5.56 Å². The van der Waals surface area contributed by atoms with Crippen molar-refractivity contribution in [3.63, 3.8) is 0 Å². The van der Waals surface area contributed by atoms with E-state index in [1.807, 2.05) is 49.4 Å². The molecule has 0 N–H and O–H groups in total. The van der Waals surface area contributed by atoms with E-state index in [-0.39, 0.29) is 24.1 Å². The number of rotatable bonds is 2. The molecule has 0 spiro atoms. The van der Waals surface area contributed by atoms with E-state index in [1.54, 1.807) is 11.0 Å². The number of anilines is 1. The van der Waals surface area contributed by atoms with Gasteiger partial charge in [0, 0.05) is 0 Å². The predicted molar refractivity (Wildman–Crippen MR) is 94.9 cm³/mol. The Kier molecular flexibility index (Phi) is 3.72. The highest BCUT2D eigenvalue weighted by Crippen LogP contribution is 2.33. The number of hydrogen-bond donors (Lipinski definition) is 0. The molecule has 1 amide bonds. The lowest BCUT2D eigenvalue weighted by atomic mass is 10.1. The number of carbonyl (C=O) groups is 1. The minimum atomic E-state index is -0.291. The van der Waals surface area contributed by atoms with Gasteiger partial charge in [-0.1, -0.05) is 24.3 Å². The third kappa shape index (κ3) is 2.65. The second kappa shape index (κ2) is 6.05. The van der Waals surface area contributed by atoms with Crippen molar-refractivity contribution in [1.82, 2.24) is 9.55 Å². The summed E-state index contributed by atoms with van der Waals surface area (Å²) in [7, 11) is 0. The molecule has 1 aliphatic heterocycles. The van der Waals surface area contributed by atoms with Crippen LogP contribution < -0.4 is 15.2 Å². The van der Waals surface area contributed by atoms with E-state index in [0.29, 0.717) is 23.4 Å². The van der Waals surface area contributed by atoms with Crippen LogP contribution in [0.5, 0.6) is 5.75 Å². The van der Waals surface area contributed by atoms with Gasteiger partial charge in [0.05, 0.1) is 29.0 Å². The highest BCUT2D eigenvalue weighted by molar-refractivity contribution is 5.96.